The van der Waals surface area contributed by atoms with E-state index < -0.39 is 23.9 Å². The maximum atomic E-state index is 13.8. The number of carbonyl (C=O) groups is 2. The van der Waals surface area contributed by atoms with Crippen molar-refractivity contribution in [2.45, 2.75) is 32.4 Å². The van der Waals surface area contributed by atoms with Crippen molar-refractivity contribution < 1.29 is 14.0 Å². The van der Waals surface area contributed by atoms with E-state index in [-0.39, 0.29) is 5.91 Å². The van der Waals surface area contributed by atoms with Gasteiger partial charge >= 0.3 is 6.03 Å². The van der Waals surface area contributed by atoms with Crippen molar-refractivity contribution in [3.63, 3.8) is 0 Å². The molecule has 96 valence electrons. The van der Waals surface area contributed by atoms with Gasteiger partial charge in [-0.25, -0.2) is 9.18 Å². The highest BCUT2D eigenvalue weighted by molar-refractivity contribution is 6.04. The summed E-state index contributed by atoms with van der Waals surface area (Å²) in [6.07, 6.45) is 0.479. The molecule has 0 bridgehead atoms. The summed E-state index contributed by atoms with van der Waals surface area (Å²) in [6.45, 7) is 3.44. The molecule has 1 aliphatic rings. The van der Waals surface area contributed by atoms with Gasteiger partial charge in [-0.2, -0.15) is 0 Å². The summed E-state index contributed by atoms with van der Waals surface area (Å²) in [5.74, 6) is -0.709. The number of carbonyl (C=O) groups excluding carboxylic acids is 2. The van der Waals surface area contributed by atoms with Crippen LogP contribution < -0.4 is 5.32 Å². The van der Waals surface area contributed by atoms with Crippen LogP contribution in [0.2, 0.25) is 0 Å². The minimum atomic E-state index is -0.552. The van der Waals surface area contributed by atoms with Crippen molar-refractivity contribution >= 4 is 11.9 Å². The first kappa shape index (κ1) is 12.5. The molecule has 0 aliphatic carbocycles. The van der Waals surface area contributed by atoms with Crippen molar-refractivity contribution in [1.29, 1.82) is 0 Å². The average molecular weight is 250 g/mol. The first-order valence-corrected chi connectivity index (χ1v) is 5.94. The van der Waals surface area contributed by atoms with Gasteiger partial charge in [0, 0.05) is 5.56 Å². The van der Waals surface area contributed by atoms with Gasteiger partial charge in [-0.05, 0) is 19.4 Å². The molecule has 1 N–H and O–H groups in total. The largest absolute Gasteiger partial charge is 0.326 e. The van der Waals surface area contributed by atoms with E-state index in [0.717, 1.165) is 4.90 Å². The van der Waals surface area contributed by atoms with Crippen molar-refractivity contribution in [2.24, 2.45) is 0 Å². The molecule has 1 fully saturated rings. The predicted octanol–water partition coefficient (Wildman–Crippen LogP) is 2.22. The number of imide groups is 1. The molecule has 0 radical (unpaired) electrons. The van der Waals surface area contributed by atoms with Crippen molar-refractivity contribution in [3.8, 4) is 0 Å². The highest BCUT2D eigenvalue weighted by atomic mass is 19.1. The summed E-state index contributed by atoms with van der Waals surface area (Å²) < 4.78 is 13.8. The number of nitrogens with one attached hydrogen (secondary N) is 1. The van der Waals surface area contributed by atoms with Crippen LogP contribution in [0.25, 0.3) is 0 Å². The fourth-order valence-corrected chi connectivity index (χ4v) is 2.21. The van der Waals surface area contributed by atoms with Crippen molar-refractivity contribution in [3.05, 3.63) is 35.6 Å². The van der Waals surface area contributed by atoms with Crippen LogP contribution in [-0.4, -0.2) is 22.9 Å². The van der Waals surface area contributed by atoms with Crippen LogP contribution >= 0.6 is 0 Å². The zero-order valence-electron chi connectivity index (χ0n) is 10.3. The average Bonchev–Trinajstić information content (AvgIpc) is 2.59. The molecule has 0 spiro atoms. The molecule has 0 unspecified atom stereocenters. The maximum absolute atomic E-state index is 13.8. The van der Waals surface area contributed by atoms with E-state index in [2.05, 4.69) is 5.32 Å². The van der Waals surface area contributed by atoms with Crippen LogP contribution in [0.5, 0.6) is 0 Å². The van der Waals surface area contributed by atoms with E-state index >= 15 is 0 Å². The highest BCUT2D eigenvalue weighted by Crippen LogP contribution is 2.29. The Morgan fingerprint density at radius 3 is 2.56 bits per heavy atom. The van der Waals surface area contributed by atoms with Gasteiger partial charge in [0.05, 0.1) is 6.04 Å². The first-order chi connectivity index (χ1) is 8.56. The van der Waals surface area contributed by atoms with Crippen LogP contribution in [0.1, 0.15) is 31.9 Å². The number of halogens is 1. The minimum Gasteiger partial charge on any atom is -0.326 e. The SMILES string of the molecule is CC[C@H](c1ccccc1F)N1C(=O)N[C@@H](C)C1=O. The fourth-order valence-electron chi connectivity index (χ4n) is 2.21. The Bertz CT molecular complexity index is 490. The van der Waals surface area contributed by atoms with Crippen molar-refractivity contribution in [2.75, 3.05) is 0 Å². The molecule has 2 atom stereocenters. The van der Waals surface area contributed by atoms with Gasteiger partial charge < -0.3 is 5.32 Å². The van der Waals surface area contributed by atoms with E-state index in [1.807, 2.05) is 6.92 Å². The Balaban J connectivity index is 2.38. The molecule has 3 amide bonds. The molecule has 5 heteroatoms. The molecule has 1 aromatic carbocycles. The monoisotopic (exact) mass is 250 g/mol. The van der Waals surface area contributed by atoms with Crippen LogP contribution in [0, 0.1) is 5.82 Å². The molecule has 1 aliphatic heterocycles. The lowest BCUT2D eigenvalue weighted by molar-refractivity contribution is -0.128. The summed E-state index contributed by atoms with van der Waals surface area (Å²) in [5.41, 5.74) is 0.373. The van der Waals surface area contributed by atoms with Gasteiger partial charge in [-0.3, -0.25) is 9.69 Å². The van der Waals surface area contributed by atoms with E-state index in [4.69, 9.17) is 0 Å². The van der Waals surface area contributed by atoms with Gasteiger partial charge in [0.15, 0.2) is 0 Å². The fraction of sp³-hybridized carbons (Fsp3) is 0.385. The summed E-state index contributed by atoms with van der Waals surface area (Å²) >= 11 is 0. The molecular formula is C13H15FN2O2. The molecule has 18 heavy (non-hydrogen) atoms. The second kappa shape index (κ2) is 4.76. The molecule has 1 saturated heterocycles. The third kappa shape index (κ3) is 1.96. The van der Waals surface area contributed by atoms with Crippen LogP contribution in [0.15, 0.2) is 24.3 Å². The Morgan fingerprint density at radius 2 is 2.06 bits per heavy atom. The molecular weight excluding hydrogens is 235 g/mol. The zero-order valence-corrected chi connectivity index (χ0v) is 10.3. The molecule has 0 saturated carbocycles. The predicted molar refractivity (Wildman–Crippen MR) is 64.3 cm³/mol. The summed E-state index contributed by atoms with van der Waals surface area (Å²) in [6, 6.07) is 4.67. The van der Waals surface area contributed by atoms with Gasteiger partial charge in [0.25, 0.3) is 5.91 Å². The number of hydrogen-bond acceptors (Lipinski definition) is 2. The molecule has 1 aromatic rings. The zero-order chi connectivity index (χ0) is 13.3. The van der Waals surface area contributed by atoms with Gasteiger partial charge in [-0.1, -0.05) is 25.1 Å². The van der Waals surface area contributed by atoms with E-state index in [1.54, 1.807) is 25.1 Å². The van der Waals surface area contributed by atoms with E-state index in [9.17, 15) is 14.0 Å². The number of rotatable bonds is 3. The Hall–Kier alpha value is -1.91. The first-order valence-electron chi connectivity index (χ1n) is 5.94. The van der Waals surface area contributed by atoms with E-state index in [0.29, 0.717) is 12.0 Å². The number of nitrogens with zero attached hydrogens (tertiary/aromatic N) is 1. The minimum absolute atomic E-state index is 0.310. The highest BCUT2D eigenvalue weighted by Gasteiger charge is 2.40. The lowest BCUT2D eigenvalue weighted by Gasteiger charge is -2.24. The van der Waals surface area contributed by atoms with Crippen molar-refractivity contribution in [1.82, 2.24) is 10.2 Å². The molecule has 4 nitrogen and oxygen atoms in total. The van der Waals surface area contributed by atoms with E-state index in [1.165, 1.54) is 6.07 Å². The Morgan fingerprint density at radius 1 is 1.39 bits per heavy atom. The number of urea groups is 1. The third-order valence-corrected chi connectivity index (χ3v) is 3.13. The summed E-state index contributed by atoms with van der Waals surface area (Å²) in [7, 11) is 0. The standard InChI is InChI=1S/C13H15FN2O2/c1-3-11(9-6-4-5-7-10(9)14)16-12(17)8(2)15-13(16)18/h4-8,11H,3H2,1-2H3,(H,15,18)/t8-,11+/m0/s1. The van der Waals surface area contributed by atoms with Crippen LogP contribution in [0.4, 0.5) is 9.18 Å². The van der Waals surface area contributed by atoms with Gasteiger partial charge in [0.2, 0.25) is 0 Å². The summed E-state index contributed by atoms with van der Waals surface area (Å²) in [4.78, 5) is 24.8. The Kier molecular flexibility index (Phi) is 3.32. The third-order valence-electron chi connectivity index (χ3n) is 3.13. The lowest BCUT2D eigenvalue weighted by Crippen LogP contribution is -2.35. The Labute approximate surface area is 105 Å². The van der Waals surface area contributed by atoms with Gasteiger partial charge in [-0.15, -0.1) is 0 Å². The number of amides is 3. The second-order valence-electron chi connectivity index (χ2n) is 4.32. The topological polar surface area (TPSA) is 49.4 Å². The maximum Gasteiger partial charge on any atom is 0.325 e. The quantitative estimate of drug-likeness (QED) is 0.836. The van der Waals surface area contributed by atoms with Crippen LogP contribution in [0.3, 0.4) is 0 Å². The molecule has 0 aromatic heterocycles. The smallest absolute Gasteiger partial charge is 0.325 e. The second-order valence-corrected chi connectivity index (χ2v) is 4.32. The van der Waals surface area contributed by atoms with Crippen LogP contribution in [-0.2, 0) is 4.79 Å². The summed E-state index contributed by atoms with van der Waals surface area (Å²) in [5, 5.41) is 2.54. The number of benzene rings is 1. The van der Waals surface area contributed by atoms with Gasteiger partial charge in [0.1, 0.15) is 11.9 Å². The number of hydrogen-bond donors (Lipinski definition) is 1. The molecule has 1 heterocycles. The normalized spacial score (nSPS) is 21.1. The molecule has 2 rings (SSSR count). The lowest BCUT2D eigenvalue weighted by atomic mass is 10.0.